The lowest BCUT2D eigenvalue weighted by molar-refractivity contribution is 0.162. The van der Waals surface area contributed by atoms with Gasteiger partial charge in [0.2, 0.25) is 0 Å². The average Bonchev–Trinajstić information content (AvgIpc) is 2.48. The lowest BCUT2D eigenvalue weighted by Gasteiger charge is -2.36. The fraction of sp³-hybridized carbons (Fsp3) is 0.625. The van der Waals surface area contributed by atoms with Crippen molar-refractivity contribution in [3.05, 3.63) is 32.7 Å². The van der Waals surface area contributed by atoms with E-state index in [0.29, 0.717) is 6.04 Å². The van der Waals surface area contributed by atoms with Crippen LogP contribution in [0.15, 0.2) is 27.1 Å². The molecule has 1 aromatic rings. The largest absolute Gasteiger partial charge is 0.314 e. The van der Waals surface area contributed by atoms with Gasteiger partial charge in [-0.25, -0.2) is 0 Å². The van der Waals surface area contributed by atoms with Crippen LogP contribution in [0.5, 0.6) is 0 Å². The number of nitrogens with one attached hydrogen (secondary N) is 1. The minimum absolute atomic E-state index is 0.538. The second kappa shape index (κ2) is 8.52. The zero-order valence-electron chi connectivity index (χ0n) is 12.2. The lowest BCUT2D eigenvalue weighted by atomic mass is 9.98. The molecule has 1 N–H and O–H groups in total. The summed E-state index contributed by atoms with van der Waals surface area (Å²) in [6, 6.07) is 7.08. The highest BCUT2D eigenvalue weighted by Crippen LogP contribution is 2.34. The van der Waals surface area contributed by atoms with E-state index in [2.05, 4.69) is 67.2 Å². The fourth-order valence-corrected chi connectivity index (χ4v) is 3.78. The fourth-order valence-electron chi connectivity index (χ4n) is 2.89. The number of rotatable bonds is 6. The molecule has 1 heterocycles. The van der Waals surface area contributed by atoms with Gasteiger partial charge in [0.15, 0.2) is 0 Å². The Balaban J connectivity index is 2.17. The first kappa shape index (κ1) is 16.5. The molecule has 1 fully saturated rings. The topological polar surface area (TPSA) is 15.3 Å². The Bertz CT molecular complexity index is 417. The van der Waals surface area contributed by atoms with Crippen LogP contribution in [0.2, 0.25) is 0 Å². The van der Waals surface area contributed by atoms with E-state index in [1.165, 1.54) is 40.2 Å². The predicted molar refractivity (Wildman–Crippen MR) is 93.2 cm³/mol. The first-order valence-corrected chi connectivity index (χ1v) is 9.20. The molecule has 0 unspecified atom stereocenters. The summed E-state index contributed by atoms with van der Waals surface area (Å²) < 4.78 is 2.41. The molecule has 112 valence electrons. The van der Waals surface area contributed by atoms with E-state index in [-0.39, 0.29) is 0 Å². The summed E-state index contributed by atoms with van der Waals surface area (Å²) in [6.45, 7) is 6.78. The van der Waals surface area contributed by atoms with Crippen LogP contribution in [-0.4, -0.2) is 31.1 Å². The SMILES string of the molecule is CCCCC[C@H](c1cc(Br)ccc1Br)N1CCNCC1. The van der Waals surface area contributed by atoms with E-state index in [1.807, 2.05) is 0 Å². The second-order valence-electron chi connectivity index (χ2n) is 5.46. The highest BCUT2D eigenvalue weighted by Gasteiger charge is 2.23. The van der Waals surface area contributed by atoms with Gasteiger partial charge in [0.25, 0.3) is 0 Å². The molecule has 1 aromatic carbocycles. The van der Waals surface area contributed by atoms with Gasteiger partial charge < -0.3 is 5.32 Å². The van der Waals surface area contributed by atoms with Crippen molar-refractivity contribution in [2.24, 2.45) is 0 Å². The summed E-state index contributed by atoms with van der Waals surface area (Å²) in [5.41, 5.74) is 1.43. The maximum Gasteiger partial charge on any atom is 0.0360 e. The van der Waals surface area contributed by atoms with Crippen molar-refractivity contribution in [2.45, 2.75) is 38.6 Å². The van der Waals surface area contributed by atoms with Crippen molar-refractivity contribution >= 4 is 31.9 Å². The van der Waals surface area contributed by atoms with Crippen molar-refractivity contribution < 1.29 is 0 Å². The smallest absolute Gasteiger partial charge is 0.0360 e. The van der Waals surface area contributed by atoms with Crippen molar-refractivity contribution in [1.29, 1.82) is 0 Å². The molecule has 0 bridgehead atoms. The highest BCUT2D eigenvalue weighted by atomic mass is 79.9. The van der Waals surface area contributed by atoms with E-state index in [0.717, 1.165) is 26.2 Å². The average molecular weight is 404 g/mol. The standard InChI is InChI=1S/C16H24Br2N2/c1-2-3-4-5-16(20-10-8-19-9-11-20)14-12-13(17)6-7-15(14)18/h6-7,12,16,19H,2-5,8-11H2,1H3/t16-/m1/s1. The summed E-state index contributed by atoms with van der Waals surface area (Å²) in [5, 5.41) is 3.45. The third-order valence-corrected chi connectivity index (χ3v) is 5.21. The van der Waals surface area contributed by atoms with Crippen LogP contribution >= 0.6 is 31.9 Å². The van der Waals surface area contributed by atoms with Crippen LogP contribution in [-0.2, 0) is 0 Å². The molecule has 0 aliphatic carbocycles. The van der Waals surface area contributed by atoms with Gasteiger partial charge in [-0.3, -0.25) is 4.90 Å². The van der Waals surface area contributed by atoms with E-state index < -0.39 is 0 Å². The van der Waals surface area contributed by atoms with Gasteiger partial charge in [-0.05, 0) is 30.2 Å². The number of hydrogen-bond acceptors (Lipinski definition) is 2. The van der Waals surface area contributed by atoms with Gasteiger partial charge in [-0.1, -0.05) is 58.0 Å². The van der Waals surface area contributed by atoms with Crippen LogP contribution in [0.1, 0.15) is 44.2 Å². The first-order chi connectivity index (χ1) is 9.72. The van der Waals surface area contributed by atoms with Crippen molar-refractivity contribution in [2.75, 3.05) is 26.2 Å². The number of piperazine rings is 1. The molecular formula is C16H24Br2N2. The quantitative estimate of drug-likeness (QED) is 0.690. The van der Waals surface area contributed by atoms with Gasteiger partial charge in [-0.15, -0.1) is 0 Å². The summed E-state index contributed by atoms with van der Waals surface area (Å²) in [6.07, 6.45) is 5.18. The van der Waals surface area contributed by atoms with Crippen LogP contribution in [0.25, 0.3) is 0 Å². The maximum atomic E-state index is 3.74. The zero-order valence-corrected chi connectivity index (χ0v) is 15.3. The van der Waals surface area contributed by atoms with E-state index in [9.17, 15) is 0 Å². The summed E-state index contributed by atoms with van der Waals surface area (Å²) in [5.74, 6) is 0. The van der Waals surface area contributed by atoms with Crippen LogP contribution in [0.3, 0.4) is 0 Å². The Morgan fingerprint density at radius 3 is 2.65 bits per heavy atom. The summed E-state index contributed by atoms with van der Waals surface area (Å²) >= 11 is 7.36. The maximum absolute atomic E-state index is 3.74. The van der Waals surface area contributed by atoms with Gasteiger partial charge in [0.1, 0.15) is 0 Å². The van der Waals surface area contributed by atoms with Crippen molar-refractivity contribution in [3.63, 3.8) is 0 Å². The molecule has 20 heavy (non-hydrogen) atoms. The van der Waals surface area contributed by atoms with E-state index in [4.69, 9.17) is 0 Å². The van der Waals surface area contributed by atoms with Crippen molar-refractivity contribution in [3.8, 4) is 0 Å². The molecule has 1 saturated heterocycles. The molecule has 2 nitrogen and oxygen atoms in total. The molecule has 1 aliphatic heterocycles. The zero-order chi connectivity index (χ0) is 14.4. The Morgan fingerprint density at radius 2 is 1.95 bits per heavy atom. The minimum atomic E-state index is 0.538. The predicted octanol–water partition coefficient (Wildman–Crippen LogP) is 4.74. The summed E-state index contributed by atoms with van der Waals surface area (Å²) in [7, 11) is 0. The Kier molecular flexibility index (Phi) is 7.02. The Labute approximate surface area is 139 Å². The molecule has 4 heteroatoms. The van der Waals surface area contributed by atoms with E-state index in [1.54, 1.807) is 0 Å². The molecule has 0 aromatic heterocycles. The molecular weight excluding hydrogens is 380 g/mol. The third kappa shape index (κ3) is 4.55. The minimum Gasteiger partial charge on any atom is -0.314 e. The molecule has 1 atom stereocenters. The molecule has 2 rings (SSSR count). The van der Waals surface area contributed by atoms with E-state index >= 15 is 0 Å². The number of halogens is 2. The monoisotopic (exact) mass is 402 g/mol. The van der Waals surface area contributed by atoms with Crippen LogP contribution < -0.4 is 5.32 Å². The van der Waals surface area contributed by atoms with Crippen LogP contribution in [0.4, 0.5) is 0 Å². The van der Waals surface area contributed by atoms with Gasteiger partial charge in [0, 0.05) is 41.2 Å². The molecule has 0 spiro atoms. The molecule has 0 saturated carbocycles. The summed E-state index contributed by atoms with van der Waals surface area (Å²) in [4.78, 5) is 2.64. The molecule has 1 aliphatic rings. The molecule has 0 amide bonds. The Hall–Kier alpha value is 0.1000. The molecule has 0 radical (unpaired) electrons. The number of hydrogen-bond donors (Lipinski definition) is 1. The van der Waals surface area contributed by atoms with Crippen LogP contribution in [0, 0.1) is 0 Å². The number of unbranched alkanes of at least 4 members (excludes halogenated alkanes) is 2. The van der Waals surface area contributed by atoms with Crippen molar-refractivity contribution in [1.82, 2.24) is 10.2 Å². The third-order valence-electron chi connectivity index (χ3n) is 3.99. The Morgan fingerprint density at radius 1 is 1.20 bits per heavy atom. The number of benzene rings is 1. The van der Waals surface area contributed by atoms with Gasteiger partial charge in [0.05, 0.1) is 0 Å². The van der Waals surface area contributed by atoms with Gasteiger partial charge >= 0.3 is 0 Å². The second-order valence-corrected chi connectivity index (χ2v) is 7.23. The lowest BCUT2D eigenvalue weighted by Crippen LogP contribution is -2.45. The normalized spacial score (nSPS) is 18.1. The highest BCUT2D eigenvalue weighted by molar-refractivity contribution is 9.11. The number of nitrogens with zero attached hydrogens (tertiary/aromatic N) is 1. The first-order valence-electron chi connectivity index (χ1n) is 7.62. The van der Waals surface area contributed by atoms with Gasteiger partial charge in [-0.2, -0.15) is 0 Å².